The van der Waals surface area contributed by atoms with Gasteiger partial charge in [-0.25, -0.2) is 28.1 Å². The van der Waals surface area contributed by atoms with Crippen LogP contribution in [0.1, 0.15) is 213 Å². The normalized spacial score (nSPS) is 12.6. The SMILES string of the molecule is CC(C)(C)c1cc(CCC(=O)OCCSCCCn2c(=O)n(CCCSCCOC(=O)CCc3cc(C(C)(C)C)c(O)c(C(C)(C)C)c3)c(=O)n(CCCSCCOC(=O)CCc3cc(C(C)(C)C)c(O)c(C(C)(C)C)c3)c2=O)cc(C(C)(C)C)c1O. The summed E-state index contributed by atoms with van der Waals surface area (Å²) in [7, 11) is 0. The Kier molecular flexibility index (Phi) is 27.4. The predicted molar refractivity (Wildman–Crippen MR) is 359 cm³/mol. The lowest BCUT2D eigenvalue weighted by Gasteiger charge is -2.28. The first-order chi connectivity index (χ1) is 40.2. The lowest BCUT2D eigenvalue weighted by Crippen LogP contribution is -2.54. The summed E-state index contributed by atoms with van der Waals surface area (Å²) >= 11 is 4.62. The van der Waals surface area contributed by atoms with Crippen LogP contribution in [0.5, 0.6) is 17.2 Å². The van der Waals surface area contributed by atoms with Gasteiger partial charge in [-0.15, -0.1) is 0 Å². The highest BCUT2D eigenvalue weighted by atomic mass is 32.2. The van der Waals surface area contributed by atoms with Crippen molar-refractivity contribution in [3.63, 3.8) is 0 Å². The van der Waals surface area contributed by atoms with Gasteiger partial charge in [0.2, 0.25) is 0 Å². The molecule has 0 aliphatic rings. The van der Waals surface area contributed by atoms with Crippen molar-refractivity contribution >= 4 is 53.2 Å². The van der Waals surface area contributed by atoms with Crippen LogP contribution < -0.4 is 17.1 Å². The van der Waals surface area contributed by atoms with Crippen LogP contribution in [-0.4, -0.2) is 101 Å². The first kappa shape index (κ1) is 74.4. The zero-order chi connectivity index (χ0) is 65.5. The molecular formula is C69H105N3O12S3. The summed E-state index contributed by atoms with van der Waals surface area (Å²) in [4.78, 5) is 80.3. The van der Waals surface area contributed by atoms with Crippen LogP contribution in [0.4, 0.5) is 0 Å². The number of ether oxygens (including phenoxy) is 3. The predicted octanol–water partition coefficient (Wildman–Crippen LogP) is 13.0. The van der Waals surface area contributed by atoms with E-state index in [1.54, 1.807) is 0 Å². The van der Waals surface area contributed by atoms with E-state index in [1.165, 1.54) is 35.3 Å². The summed E-state index contributed by atoms with van der Waals surface area (Å²) in [6.07, 6.45) is 3.38. The van der Waals surface area contributed by atoms with Crippen molar-refractivity contribution < 1.29 is 43.9 Å². The number of hydrogen-bond donors (Lipinski definition) is 3. The quantitative estimate of drug-likeness (QED) is 0.0252. The number of thioether (sulfide) groups is 3. The third-order valence-corrected chi connectivity index (χ3v) is 18.2. The maximum Gasteiger partial charge on any atom is 0.336 e. The number of phenolic OH excluding ortho intramolecular Hbond substituents is 3. The molecule has 3 aromatic carbocycles. The Hall–Kier alpha value is -5.07. The van der Waals surface area contributed by atoms with E-state index in [9.17, 15) is 44.1 Å². The molecule has 486 valence electrons. The van der Waals surface area contributed by atoms with Crippen molar-refractivity contribution in [2.75, 3.05) is 54.3 Å². The number of rotatable bonds is 30. The van der Waals surface area contributed by atoms with Gasteiger partial charge in [0.25, 0.3) is 0 Å². The van der Waals surface area contributed by atoms with E-state index in [2.05, 4.69) is 125 Å². The highest BCUT2D eigenvalue weighted by Gasteiger charge is 2.30. The molecule has 0 saturated heterocycles. The third kappa shape index (κ3) is 23.0. The zero-order valence-corrected chi connectivity index (χ0v) is 58.3. The van der Waals surface area contributed by atoms with Gasteiger partial charge in [-0.1, -0.05) is 161 Å². The van der Waals surface area contributed by atoms with Crippen molar-refractivity contribution in [3.05, 3.63) is 118 Å². The van der Waals surface area contributed by atoms with Crippen molar-refractivity contribution in [1.29, 1.82) is 0 Å². The molecule has 0 amide bonds. The average molecular weight is 1260 g/mol. The first-order valence-electron chi connectivity index (χ1n) is 31.0. The largest absolute Gasteiger partial charge is 0.507 e. The van der Waals surface area contributed by atoms with Crippen LogP contribution in [0.3, 0.4) is 0 Å². The van der Waals surface area contributed by atoms with Gasteiger partial charge in [-0.05, 0) is 138 Å². The second-order valence-electron chi connectivity index (χ2n) is 29.0. The maximum absolute atomic E-state index is 13.9. The Balaban J connectivity index is 1.32. The van der Waals surface area contributed by atoms with Crippen molar-refractivity contribution in [2.45, 2.75) is 235 Å². The fourth-order valence-electron chi connectivity index (χ4n) is 10.1. The van der Waals surface area contributed by atoms with Crippen LogP contribution in [0.25, 0.3) is 0 Å². The van der Waals surface area contributed by atoms with Gasteiger partial charge in [0, 0.05) is 56.2 Å². The Morgan fingerprint density at radius 3 is 0.736 bits per heavy atom. The zero-order valence-electron chi connectivity index (χ0n) is 55.9. The highest BCUT2D eigenvalue weighted by molar-refractivity contribution is 7.99. The maximum atomic E-state index is 13.9. The number of hydrogen-bond acceptors (Lipinski definition) is 15. The summed E-state index contributed by atoms with van der Waals surface area (Å²) in [5.74, 6) is 3.22. The van der Waals surface area contributed by atoms with Crippen LogP contribution >= 0.6 is 35.3 Å². The summed E-state index contributed by atoms with van der Waals surface area (Å²) in [5.41, 5.74) is 4.25. The number of esters is 3. The molecule has 18 heteroatoms. The molecule has 0 spiro atoms. The van der Waals surface area contributed by atoms with E-state index in [1.807, 2.05) is 36.4 Å². The number of carbonyl (C=O) groups excluding carboxylic acids is 3. The van der Waals surface area contributed by atoms with Crippen molar-refractivity contribution in [1.82, 2.24) is 13.7 Å². The number of aryl methyl sites for hydroxylation is 3. The van der Waals surface area contributed by atoms with Gasteiger partial charge in [-0.2, -0.15) is 35.3 Å². The van der Waals surface area contributed by atoms with Crippen LogP contribution in [-0.2, 0) is 100.0 Å². The highest BCUT2D eigenvalue weighted by Crippen LogP contribution is 2.43. The van der Waals surface area contributed by atoms with Crippen molar-refractivity contribution in [3.8, 4) is 17.2 Å². The molecule has 0 aliphatic carbocycles. The lowest BCUT2D eigenvalue weighted by atomic mass is 9.78. The molecule has 1 heterocycles. The molecule has 15 nitrogen and oxygen atoms in total. The van der Waals surface area contributed by atoms with Crippen molar-refractivity contribution in [2.24, 2.45) is 0 Å². The molecule has 0 fully saturated rings. The molecular weight excluding hydrogens is 1160 g/mol. The van der Waals surface area contributed by atoms with E-state index >= 15 is 0 Å². The molecule has 4 aromatic rings. The summed E-state index contributed by atoms with van der Waals surface area (Å²) in [6, 6.07) is 11.9. The Morgan fingerprint density at radius 2 is 0.552 bits per heavy atom. The van der Waals surface area contributed by atoms with E-state index in [0.29, 0.717) is 90.3 Å². The minimum Gasteiger partial charge on any atom is -0.507 e. The van der Waals surface area contributed by atoms with Crippen LogP contribution in [0.15, 0.2) is 50.8 Å². The molecule has 0 radical (unpaired) electrons. The summed E-state index contributed by atoms with van der Waals surface area (Å²) < 4.78 is 20.1. The number of aromatic hydroxyl groups is 3. The topological polar surface area (TPSA) is 206 Å². The monoisotopic (exact) mass is 1260 g/mol. The number of aromatic nitrogens is 3. The molecule has 0 saturated carbocycles. The lowest BCUT2D eigenvalue weighted by molar-refractivity contribution is -0.143. The van der Waals surface area contributed by atoms with E-state index in [4.69, 9.17) is 14.2 Å². The van der Waals surface area contributed by atoms with Gasteiger partial charge in [0.1, 0.15) is 37.1 Å². The molecule has 0 unspecified atom stereocenters. The van der Waals surface area contributed by atoms with E-state index in [-0.39, 0.29) is 109 Å². The van der Waals surface area contributed by atoms with Gasteiger partial charge in [0.05, 0.1) is 0 Å². The number of phenols is 3. The third-order valence-electron chi connectivity index (χ3n) is 15.1. The molecule has 0 bridgehead atoms. The standard InChI is InChI=1S/C69H105N3O12S3/c1-64(2,3)49-40-46(41-50(58(49)76)65(4,5)6)22-25-55(73)82-31-37-85-34-19-28-70-61(79)71(29-20-35-86-38-32-83-56(74)26-23-47-42-51(66(7,8)9)59(77)52(43-47)67(10,11)12)63(81)72(62(70)80)30-21-36-87-39-33-84-57(75)27-24-48-44-53(68(13,14)15)60(78)54(45-48)69(16,17)18/h40-45,76-78H,19-39H2,1-18H3. The Labute approximate surface area is 531 Å². The smallest absolute Gasteiger partial charge is 0.336 e. The molecule has 87 heavy (non-hydrogen) atoms. The molecule has 3 N–H and O–H groups in total. The molecule has 4 rings (SSSR count). The van der Waals surface area contributed by atoms with Gasteiger partial charge in [-0.3, -0.25) is 14.4 Å². The fraction of sp³-hybridized carbons (Fsp3) is 0.652. The molecule has 0 aliphatic heterocycles. The number of nitrogens with zero attached hydrogens (tertiary/aromatic N) is 3. The Morgan fingerprint density at radius 1 is 0.356 bits per heavy atom. The molecule has 1 aromatic heterocycles. The van der Waals surface area contributed by atoms with Crippen LogP contribution in [0, 0.1) is 0 Å². The van der Waals surface area contributed by atoms with E-state index in [0.717, 1.165) is 63.8 Å². The second kappa shape index (κ2) is 32.1. The van der Waals surface area contributed by atoms with E-state index < -0.39 is 17.1 Å². The second-order valence-corrected chi connectivity index (χ2v) is 32.7. The van der Waals surface area contributed by atoms with Gasteiger partial charge < -0.3 is 29.5 Å². The minimum absolute atomic E-state index is 0.0925. The van der Waals surface area contributed by atoms with Crippen LogP contribution in [0.2, 0.25) is 0 Å². The first-order valence-corrected chi connectivity index (χ1v) is 34.4. The number of carbonyl (C=O) groups is 3. The fourth-order valence-corrected chi connectivity index (χ4v) is 12.3. The van der Waals surface area contributed by atoms with Gasteiger partial charge in [0.15, 0.2) is 0 Å². The number of benzene rings is 3. The van der Waals surface area contributed by atoms with Gasteiger partial charge >= 0.3 is 35.0 Å². The average Bonchev–Trinajstić information content (AvgIpc) is 1.00. The summed E-state index contributed by atoms with van der Waals surface area (Å²) in [6.45, 7) is 37.9. The Bertz CT molecular complexity index is 2680. The summed E-state index contributed by atoms with van der Waals surface area (Å²) in [5, 5.41) is 33.3. The minimum atomic E-state index is -0.666. The molecule has 0 atom stereocenters.